The maximum Gasteiger partial charge on any atom is 0.132 e. The predicted octanol–water partition coefficient (Wildman–Crippen LogP) is 4.55. The molecule has 2 aliphatic rings. The minimum Gasteiger partial charge on any atom is -0.353 e. The molecule has 1 fully saturated rings. The number of nitrogens with zero attached hydrogens (tertiary/aromatic N) is 4. The molecule has 5 nitrogen and oxygen atoms in total. The quantitative estimate of drug-likeness (QED) is 0.788. The Hall–Kier alpha value is -1.91. The van der Waals surface area contributed by atoms with E-state index < -0.39 is 0 Å². The molecule has 1 N–H and O–H groups in total. The van der Waals surface area contributed by atoms with Gasteiger partial charge < -0.3 is 10.2 Å². The van der Waals surface area contributed by atoms with Crippen LogP contribution in [0.5, 0.6) is 0 Å². The number of benzene rings is 1. The molecule has 1 aliphatic carbocycles. The lowest BCUT2D eigenvalue weighted by Crippen LogP contribution is -2.46. The normalized spacial score (nSPS) is 25.0. The molecule has 0 spiro atoms. The zero-order valence-corrected chi connectivity index (χ0v) is 16.7. The number of aryl methyl sites for hydroxylation is 1. The fraction of sp³-hybridized carbons (Fsp3) is 0.667. The fourth-order valence-electron chi connectivity index (χ4n) is 3.91. The van der Waals surface area contributed by atoms with E-state index in [1.54, 1.807) is 0 Å². The fourth-order valence-corrected chi connectivity index (χ4v) is 3.91. The summed E-state index contributed by atoms with van der Waals surface area (Å²) in [4.78, 5) is 7.57. The van der Waals surface area contributed by atoms with E-state index in [9.17, 15) is 0 Å². The first-order valence-corrected chi connectivity index (χ1v) is 10.1. The van der Waals surface area contributed by atoms with E-state index in [2.05, 4.69) is 59.4 Å². The van der Waals surface area contributed by atoms with Gasteiger partial charge in [0.05, 0.1) is 25.3 Å². The van der Waals surface area contributed by atoms with Crippen LogP contribution in [0.15, 0.2) is 33.4 Å². The highest BCUT2D eigenvalue weighted by Crippen LogP contribution is 2.29. The van der Waals surface area contributed by atoms with E-state index in [1.165, 1.54) is 29.7 Å². The molecule has 142 valence electrons. The van der Waals surface area contributed by atoms with E-state index in [4.69, 9.17) is 4.99 Å². The Morgan fingerprint density at radius 1 is 1.19 bits per heavy atom. The number of fused-ring (bicyclic) bond motifs is 1. The summed E-state index contributed by atoms with van der Waals surface area (Å²) in [5.74, 6) is 1.66. The molecule has 3 rings (SSSR count). The number of hydrogen-bond donors (Lipinski definition) is 1. The average molecular weight is 356 g/mol. The van der Waals surface area contributed by atoms with E-state index in [0.29, 0.717) is 5.92 Å². The Morgan fingerprint density at radius 3 is 2.69 bits per heavy atom. The van der Waals surface area contributed by atoms with Crippen molar-refractivity contribution in [1.82, 2.24) is 5.32 Å². The number of azo groups is 1. The molecule has 26 heavy (non-hydrogen) atoms. The average Bonchev–Trinajstić information content (AvgIpc) is 2.62. The van der Waals surface area contributed by atoms with Gasteiger partial charge in [0.1, 0.15) is 5.84 Å². The van der Waals surface area contributed by atoms with Gasteiger partial charge >= 0.3 is 0 Å². The Morgan fingerprint density at radius 2 is 1.96 bits per heavy atom. The van der Waals surface area contributed by atoms with E-state index in [1.807, 2.05) is 6.92 Å². The smallest absolute Gasteiger partial charge is 0.132 e. The van der Waals surface area contributed by atoms with Crippen molar-refractivity contribution < 1.29 is 0 Å². The summed E-state index contributed by atoms with van der Waals surface area (Å²) in [5.41, 5.74) is 3.80. The number of hydrogen-bond acceptors (Lipinski definition) is 4. The number of rotatable bonds is 5. The van der Waals surface area contributed by atoms with Crippen LogP contribution in [-0.4, -0.2) is 37.7 Å². The van der Waals surface area contributed by atoms with Crippen molar-refractivity contribution in [3.05, 3.63) is 29.3 Å². The molecule has 1 saturated carbocycles. The maximum absolute atomic E-state index is 5.15. The highest BCUT2D eigenvalue weighted by molar-refractivity contribution is 6.05. The lowest BCUT2D eigenvalue weighted by Gasteiger charge is -2.35. The first-order valence-electron chi connectivity index (χ1n) is 10.1. The summed E-state index contributed by atoms with van der Waals surface area (Å²) in [6, 6.07) is 7.19. The zero-order valence-electron chi connectivity index (χ0n) is 16.7. The molecule has 0 radical (unpaired) electrons. The Labute approximate surface area is 158 Å². The van der Waals surface area contributed by atoms with Crippen LogP contribution in [0.1, 0.15) is 57.6 Å². The first kappa shape index (κ1) is 18.9. The molecule has 1 aromatic carbocycles. The van der Waals surface area contributed by atoms with Crippen LogP contribution in [0.4, 0.5) is 5.69 Å². The Bertz CT molecular complexity index is 664. The SMILES string of the molecule is CCN=N[C@@H]1CCCC[C@@H]1N=C1NCN(CC(C)C)c2ccc(C)cc21. The van der Waals surface area contributed by atoms with Gasteiger partial charge in [0.2, 0.25) is 0 Å². The third-order valence-corrected chi connectivity index (χ3v) is 5.13. The van der Waals surface area contributed by atoms with Crippen molar-refractivity contribution >= 4 is 11.5 Å². The largest absolute Gasteiger partial charge is 0.353 e. The lowest BCUT2D eigenvalue weighted by atomic mass is 9.91. The summed E-state index contributed by atoms with van der Waals surface area (Å²) in [7, 11) is 0. The van der Waals surface area contributed by atoms with Crippen molar-refractivity contribution in [2.45, 2.75) is 65.5 Å². The van der Waals surface area contributed by atoms with Crippen LogP contribution in [-0.2, 0) is 0 Å². The van der Waals surface area contributed by atoms with Gasteiger partial charge in [0.25, 0.3) is 0 Å². The molecule has 1 aromatic rings. The second kappa shape index (κ2) is 8.65. The molecule has 0 aromatic heterocycles. The van der Waals surface area contributed by atoms with E-state index in [0.717, 1.165) is 38.4 Å². The highest BCUT2D eigenvalue weighted by atomic mass is 15.3. The van der Waals surface area contributed by atoms with Gasteiger partial charge in [-0.15, -0.1) is 0 Å². The van der Waals surface area contributed by atoms with Gasteiger partial charge in [0.15, 0.2) is 0 Å². The third kappa shape index (κ3) is 4.43. The Kier molecular flexibility index (Phi) is 6.28. The van der Waals surface area contributed by atoms with Gasteiger partial charge in [0, 0.05) is 17.8 Å². The first-order chi connectivity index (χ1) is 12.6. The summed E-state index contributed by atoms with van der Waals surface area (Å²) in [6.45, 7) is 11.3. The van der Waals surface area contributed by atoms with Gasteiger partial charge in [-0.05, 0) is 44.7 Å². The molecule has 1 aliphatic heterocycles. The lowest BCUT2D eigenvalue weighted by molar-refractivity contribution is 0.375. The van der Waals surface area contributed by atoms with Crippen LogP contribution in [0, 0.1) is 12.8 Å². The second-order valence-electron chi connectivity index (χ2n) is 7.94. The van der Waals surface area contributed by atoms with Crippen LogP contribution in [0.3, 0.4) is 0 Å². The van der Waals surface area contributed by atoms with Crippen LogP contribution in [0.2, 0.25) is 0 Å². The van der Waals surface area contributed by atoms with E-state index >= 15 is 0 Å². The van der Waals surface area contributed by atoms with Crippen molar-refractivity contribution in [2.75, 3.05) is 24.7 Å². The summed E-state index contributed by atoms with van der Waals surface area (Å²) in [5, 5.41) is 12.4. The van der Waals surface area contributed by atoms with Crippen molar-refractivity contribution in [2.24, 2.45) is 21.1 Å². The molecule has 0 unspecified atom stereocenters. The van der Waals surface area contributed by atoms with Crippen molar-refractivity contribution in [3.63, 3.8) is 0 Å². The molecular formula is C21H33N5. The van der Waals surface area contributed by atoms with Crippen molar-refractivity contribution in [3.8, 4) is 0 Å². The molecule has 5 heteroatoms. The molecular weight excluding hydrogens is 322 g/mol. The highest BCUT2D eigenvalue weighted by Gasteiger charge is 2.28. The number of nitrogens with one attached hydrogen (secondary N) is 1. The molecule has 0 saturated heterocycles. The topological polar surface area (TPSA) is 52.4 Å². The molecule has 0 amide bonds. The number of amidine groups is 1. The summed E-state index contributed by atoms with van der Waals surface area (Å²) in [6.07, 6.45) is 4.68. The van der Waals surface area contributed by atoms with Crippen LogP contribution >= 0.6 is 0 Å². The molecule has 2 atom stereocenters. The standard InChI is InChI=1S/C21H33N5/c1-5-23-25-19-9-7-6-8-18(19)24-21-17-12-16(4)10-11-20(17)26(14-22-21)13-15(2)3/h10-12,15,18-19H,5-9,13-14H2,1-4H3,(H,22,24)/t18-,19+/m0/s1. The molecule has 0 bridgehead atoms. The second-order valence-corrected chi connectivity index (χ2v) is 7.94. The van der Waals surface area contributed by atoms with E-state index in [-0.39, 0.29) is 12.1 Å². The number of anilines is 1. The Balaban J connectivity index is 1.90. The third-order valence-electron chi connectivity index (χ3n) is 5.13. The van der Waals surface area contributed by atoms with Gasteiger partial charge in [-0.1, -0.05) is 38.3 Å². The van der Waals surface area contributed by atoms with Gasteiger partial charge in [-0.2, -0.15) is 10.2 Å². The maximum atomic E-state index is 5.15. The minimum atomic E-state index is 0.236. The zero-order chi connectivity index (χ0) is 18.5. The molecule has 1 heterocycles. The summed E-state index contributed by atoms with van der Waals surface area (Å²) < 4.78 is 0. The van der Waals surface area contributed by atoms with Gasteiger partial charge in [-0.3, -0.25) is 4.99 Å². The monoisotopic (exact) mass is 355 g/mol. The van der Waals surface area contributed by atoms with Crippen LogP contribution in [0.25, 0.3) is 0 Å². The summed E-state index contributed by atoms with van der Waals surface area (Å²) >= 11 is 0. The van der Waals surface area contributed by atoms with Crippen molar-refractivity contribution in [1.29, 1.82) is 0 Å². The predicted molar refractivity (Wildman–Crippen MR) is 109 cm³/mol. The van der Waals surface area contributed by atoms with Crippen LogP contribution < -0.4 is 10.2 Å². The minimum absolute atomic E-state index is 0.236. The number of aliphatic imine (C=N–C) groups is 1. The van der Waals surface area contributed by atoms with Gasteiger partial charge in [-0.25, -0.2) is 0 Å².